The Morgan fingerprint density at radius 3 is 2.62 bits per heavy atom. The average molecular weight is 369 g/mol. The van der Waals surface area contributed by atoms with Crippen molar-refractivity contribution in [3.05, 3.63) is 19.2 Å². The molecule has 0 atom stereocenters. The van der Waals surface area contributed by atoms with Gasteiger partial charge in [-0.05, 0) is 50.8 Å². The number of aliphatic hydroxyl groups is 1. The summed E-state index contributed by atoms with van der Waals surface area (Å²) in [7, 11) is 0. The van der Waals surface area contributed by atoms with E-state index in [-0.39, 0.29) is 0 Å². The first-order valence-corrected chi connectivity index (χ1v) is 7.86. The highest BCUT2D eigenvalue weighted by molar-refractivity contribution is 9.13. The Bertz CT molecular complexity index is 341. The standard InChI is InChI=1S/C11H15Br2NOS/c12-9-5-8(16-10(9)13)6-14-7-11(15)3-1-2-4-11/h5,14-15H,1-4,6-7H2. The van der Waals surface area contributed by atoms with Crippen LogP contribution >= 0.6 is 43.2 Å². The van der Waals surface area contributed by atoms with Gasteiger partial charge in [0.15, 0.2) is 0 Å². The van der Waals surface area contributed by atoms with Crippen LogP contribution in [0, 0.1) is 0 Å². The fourth-order valence-corrected chi connectivity index (χ4v) is 4.25. The summed E-state index contributed by atoms with van der Waals surface area (Å²) >= 11 is 8.67. The van der Waals surface area contributed by atoms with Crippen molar-refractivity contribution in [1.29, 1.82) is 0 Å². The highest BCUT2D eigenvalue weighted by Gasteiger charge is 2.30. The van der Waals surface area contributed by atoms with Crippen molar-refractivity contribution in [2.24, 2.45) is 0 Å². The van der Waals surface area contributed by atoms with E-state index in [0.29, 0.717) is 6.54 Å². The molecule has 1 aliphatic carbocycles. The largest absolute Gasteiger partial charge is 0.389 e. The van der Waals surface area contributed by atoms with Crippen molar-refractivity contribution in [2.75, 3.05) is 6.54 Å². The molecule has 90 valence electrons. The Morgan fingerprint density at radius 1 is 1.38 bits per heavy atom. The quantitative estimate of drug-likeness (QED) is 0.849. The van der Waals surface area contributed by atoms with Gasteiger partial charge in [-0.3, -0.25) is 0 Å². The van der Waals surface area contributed by atoms with E-state index < -0.39 is 5.60 Å². The molecule has 0 radical (unpaired) electrons. The highest BCUT2D eigenvalue weighted by atomic mass is 79.9. The summed E-state index contributed by atoms with van der Waals surface area (Å²) < 4.78 is 2.23. The van der Waals surface area contributed by atoms with Gasteiger partial charge in [0.1, 0.15) is 0 Å². The van der Waals surface area contributed by atoms with E-state index >= 15 is 0 Å². The zero-order chi connectivity index (χ0) is 11.6. The molecule has 0 spiro atoms. The van der Waals surface area contributed by atoms with Gasteiger partial charge in [-0.1, -0.05) is 12.8 Å². The van der Waals surface area contributed by atoms with Gasteiger partial charge < -0.3 is 10.4 Å². The molecule has 2 rings (SSSR count). The number of hydrogen-bond donors (Lipinski definition) is 2. The summed E-state index contributed by atoms with van der Waals surface area (Å²) in [6.45, 7) is 1.54. The fourth-order valence-electron chi connectivity index (χ4n) is 2.11. The van der Waals surface area contributed by atoms with Gasteiger partial charge in [0, 0.05) is 22.4 Å². The lowest BCUT2D eigenvalue weighted by atomic mass is 10.0. The molecule has 0 bridgehead atoms. The Kier molecular flexibility index (Phi) is 4.46. The van der Waals surface area contributed by atoms with Gasteiger partial charge in [0.25, 0.3) is 0 Å². The SMILES string of the molecule is OC1(CNCc2cc(Br)c(Br)s2)CCCC1. The minimum absolute atomic E-state index is 0.453. The molecule has 1 saturated carbocycles. The Labute approximate surface area is 117 Å². The minimum Gasteiger partial charge on any atom is -0.389 e. The van der Waals surface area contributed by atoms with Gasteiger partial charge in [0.2, 0.25) is 0 Å². The number of rotatable bonds is 4. The van der Waals surface area contributed by atoms with Crippen LogP contribution < -0.4 is 5.32 Å². The van der Waals surface area contributed by atoms with Crippen LogP contribution in [0.2, 0.25) is 0 Å². The van der Waals surface area contributed by atoms with Crippen LogP contribution in [0.1, 0.15) is 30.6 Å². The molecule has 5 heteroatoms. The summed E-state index contributed by atoms with van der Waals surface area (Å²) in [5, 5.41) is 13.5. The monoisotopic (exact) mass is 367 g/mol. The van der Waals surface area contributed by atoms with Gasteiger partial charge >= 0.3 is 0 Å². The summed E-state index contributed by atoms with van der Waals surface area (Å²) in [6, 6.07) is 2.11. The van der Waals surface area contributed by atoms with Crippen molar-refractivity contribution in [2.45, 2.75) is 37.8 Å². The van der Waals surface area contributed by atoms with Crippen LogP contribution in [-0.2, 0) is 6.54 Å². The van der Waals surface area contributed by atoms with Crippen LogP contribution in [0.4, 0.5) is 0 Å². The lowest BCUT2D eigenvalue weighted by Crippen LogP contribution is -2.37. The second kappa shape index (κ2) is 5.48. The van der Waals surface area contributed by atoms with Crippen molar-refractivity contribution in [3.8, 4) is 0 Å². The summed E-state index contributed by atoms with van der Waals surface area (Å²) in [4.78, 5) is 1.28. The molecule has 2 N–H and O–H groups in total. The normalized spacial score (nSPS) is 19.2. The third kappa shape index (κ3) is 3.29. The van der Waals surface area contributed by atoms with Crippen LogP contribution in [-0.4, -0.2) is 17.3 Å². The van der Waals surface area contributed by atoms with Crippen LogP contribution in [0.5, 0.6) is 0 Å². The Morgan fingerprint density at radius 2 is 2.06 bits per heavy atom. The maximum Gasteiger partial charge on any atom is 0.0843 e. The molecule has 1 heterocycles. The molecule has 0 aliphatic heterocycles. The third-order valence-electron chi connectivity index (χ3n) is 2.98. The van der Waals surface area contributed by atoms with E-state index in [4.69, 9.17) is 0 Å². The molecular formula is C11H15Br2NOS. The first-order valence-electron chi connectivity index (χ1n) is 5.46. The second-order valence-corrected chi connectivity index (χ2v) is 7.68. The zero-order valence-corrected chi connectivity index (χ0v) is 12.9. The Hall–Kier alpha value is 0.580. The smallest absolute Gasteiger partial charge is 0.0843 e. The molecule has 16 heavy (non-hydrogen) atoms. The predicted octanol–water partition coefficient (Wildman–Crippen LogP) is 3.67. The molecule has 0 amide bonds. The van der Waals surface area contributed by atoms with E-state index in [0.717, 1.165) is 40.5 Å². The first-order chi connectivity index (χ1) is 7.59. The summed E-state index contributed by atoms with van der Waals surface area (Å²) in [6.07, 6.45) is 4.21. The number of hydrogen-bond acceptors (Lipinski definition) is 3. The van der Waals surface area contributed by atoms with Gasteiger partial charge in [-0.15, -0.1) is 11.3 Å². The van der Waals surface area contributed by atoms with E-state index in [2.05, 4.69) is 43.2 Å². The molecule has 0 saturated heterocycles. The van der Waals surface area contributed by atoms with Crippen molar-refractivity contribution in [1.82, 2.24) is 5.32 Å². The lowest BCUT2D eigenvalue weighted by Gasteiger charge is -2.22. The summed E-state index contributed by atoms with van der Waals surface area (Å²) in [5.74, 6) is 0. The predicted molar refractivity (Wildman–Crippen MR) is 74.8 cm³/mol. The molecule has 2 nitrogen and oxygen atoms in total. The van der Waals surface area contributed by atoms with Crippen LogP contribution in [0.15, 0.2) is 14.3 Å². The van der Waals surface area contributed by atoms with Crippen molar-refractivity contribution < 1.29 is 5.11 Å². The van der Waals surface area contributed by atoms with E-state index in [1.807, 2.05) is 0 Å². The molecule has 1 aromatic heterocycles. The van der Waals surface area contributed by atoms with E-state index in [1.54, 1.807) is 11.3 Å². The van der Waals surface area contributed by atoms with Crippen molar-refractivity contribution in [3.63, 3.8) is 0 Å². The fraction of sp³-hybridized carbons (Fsp3) is 0.636. The molecule has 1 aliphatic rings. The molecule has 0 aromatic carbocycles. The molecule has 1 aromatic rings. The number of thiophene rings is 1. The topological polar surface area (TPSA) is 32.3 Å². The highest BCUT2D eigenvalue weighted by Crippen LogP contribution is 2.32. The van der Waals surface area contributed by atoms with Crippen molar-refractivity contribution >= 4 is 43.2 Å². The maximum atomic E-state index is 10.2. The second-order valence-electron chi connectivity index (χ2n) is 4.37. The van der Waals surface area contributed by atoms with Crippen LogP contribution in [0.25, 0.3) is 0 Å². The number of halogens is 2. The molecule has 0 unspecified atom stereocenters. The van der Waals surface area contributed by atoms with Gasteiger partial charge in [-0.2, -0.15) is 0 Å². The molecule has 1 fully saturated rings. The van der Waals surface area contributed by atoms with Gasteiger partial charge in [0.05, 0.1) is 9.39 Å². The average Bonchev–Trinajstić information content (AvgIpc) is 2.76. The summed E-state index contributed by atoms with van der Waals surface area (Å²) in [5.41, 5.74) is -0.453. The van der Waals surface area contributed by atoms with E-state index in [9.17, 15) is 5.11 Å². The lowest BCUT2D eigenvalue weighted by molar-refractivity contribution is 0.0475. The van der Waals surface area contributed by atoms with Gasteiger partial charge in [-0.25, -0.2) is 0 Å². The third-order valence-corrected chi connectivity index (χ3v) is 6.24. The minimum atomic E-state index is -0.453. The first kappa shape index (κ1) is 13.0. The van der Waals surface area contributed by atoms with Crippen LogP contribution in [0.3, 0.4) is 0 Å². The zero-order valence-electron chi connectivity index (χ0n) is 8.93. The Balaban J connectivity index is 1.79. The molecular weight excluding hydrogens is 354 g/mol. The maximum absolute atomic E-state index is 10.2. The number of nitrogens with one attached hydrogen (secondary N) is 1. The van der Waals surface area contributed by atoms with E-state index in [1.165, 1.54) is 4.88 Å².